The van der Waals surface area contributed by atoms with Gasteiger partial charge in [-0.2, -0.15) is 13.5 Å². The van der Waals surface area contributed by atoms with Crippen LogP contribution in [0.25, 0.3) is 0 Å². The second kappa shape index (κ2) is 11.3. The van der Waals surface area contributed by atoms with Gasteiger partial charge in [0.15, 0.2) is 0 Å². The van der Waals surface area contributed by atoms with E-state index in [0.717, 1.165) is 16.2 Å². The first kappa shape index (κ1) is 25.4. The summed E-state index contributed by atoms with van der Waals surface area (Å²) in [5, 5.41) is 0.720. The Morgan fingerprint density at radius 3 is 2.00 bits per heavy atom. The Kier molecular flexibility index (Phi) is 8.44. The molecule has 0 N–H and O–H groups in total. The molecule has 0 fully saturated rings. The van der Waals surface area contributed by atoms with E-state index in [-0.39, 0.29) is 11.4 Å². The third-order valence-electron chi connectivity index (χ3n) is 4.51. The fourth-order valence-corrected chi connectivity index (χ4v) is 3.95. The highest BCUT2D eigenvalue weighted by Crippen LogP contribution is 2.19. The van der Waals surface area contributed by atoms with Gasteiger partial charge in [0.2, 0.25) is 0 Å². The molecule has 0 aromatic heterocycles. The second-order valence-corrected chi connectivity index (χ2v) is 10.2. The first-order chi connectivity index (χ1) is 16.1. The molecule has 0 atom stereocenters. The minimum Gasteiger partial charge on any atom is -0.442 e. The largest absolute Gasteiger partial charge is 0.442 e. The molecule has 3 aromatic carbocycles. The molecule has 0 aliphatic carbocycles. The number of benzene rings is 3. The van der Waals surface area contributed by atoms with Gasteiger partial charge in [-0.1, -0.05) is 72.8 Å². The quantitative estimate of drug-likeness (QED) is 0.376. The van der Waals surface area contributed by atoms with E-state index < -0.39 is 21.8 Å². The molecule has 3 rings (SSSR count). The highest BCUT2D eigenvalue weighted by Gasteiger charge is 2.29. The fourth-order valence-electron chi connectivity index (χ4n) is 3.03. The number of carbonyl (C=O) groups is 1. The van der Waals surface area contributed by atoms with Crippen molar-refractivity contribution in [1.29, 1.82) is 0 Å². The lowest BCUT2D eigenvalue weighted by molar-refractivity contribution is -0.0739. The van der Waals surface area contributed by atoms with Crippen LogP contribution in [0.15, 0.2) is 89.8 Å². The van der Waals surface area contributed by atoms with E-state index in [0.29, 0.717) is 18.8 Å². The number of nitrogens with zero attached hydrogens (tertiary/aromatic N) is 1. The average molecular weight is 484 g/mol. The maximum atomic E-state index is 12.8. The molecule has 0 bridgehead atoms. The molecule has 0 radical (unpaired) electrons. The molecule has 0 aliphatic heterocycles. The van der Waals surface area contributed by atoms with E-state index in [1.807, 2.05) is 48.5 Å². The standard InChI is InChI=1S/C26H29NO6S/c1-26(2,3)32-25(28)27(33-34(29,30)24-15-8-5-9-16-24)18-22-13-10-14-23(17-22)20-31-19-21-11-6-4-7-12-21/h4-17H,18-20H2,1-3H3. The lowest BCUT2D eigenvalue weighted by atomic mass is 10.1. The lowest BCUT2D eigenvalue weighted by Crippen LogP contribution is -2.38. The van der Waals surface area contributed by atoms with Gasteiger partial charge in [-0.25, -0.2) is 4.79 Å². The van der Waals surface area contributed by atoms with Crippen LogP contribution in [0.3, 0.4) is 0 Å². The van der Waals surface area contributed by atoms with Crippen LogP contribution in [0.2, 0.25) is 0 Å². The molecule has 3 aromatic rings. The first-order valence-corrected chi connectivity index (χ1v) is 12.2. The molecular formula is C26H29NO6S. The summed E-state index contributed by atoms with van der Waals surface area (Å²) < 4.78 is 41.9. The van der Waals surface area contributed by atoms with Gasteiger partial charge in [0, 0.05) is 0 Å². The van der Waals surface area contributed by atoms with E-state index in [1.54, 1.807) is 45.0 Å². The van der Waals surface area contributed by atoms with E-state index in [4.69, 9.17) is 13.8 Å². The van der Waals surface area contributed by atoms with Crippen LogP contribution >= 0.6 is 0 Å². The van der Waals surface area contributed by atoms with Gasteiger partial charge in [0.25, 0.3) is 0 Å². The van der Waals surface area contributed by atoms with Crippen molar-refractivity contribution in [2.24, 2.45) is 0 Å². The van der Waals surface area contributed by atoms with Crippen molar-refractivity contribution < 1.29 is 27.0 Å². The predicted molar refractivity (Wildman–Crippen MR) is 128 cm³/mol. The Balaban J connectivity index is 1.73. The molecule has 0 saturated carbocycles. The van der Waals surface area contributed by atoms with Crippen LogP contribution in [0.1, 0.15) is 37.5 Å². The van der Waals surface area contributed by atoms with Crippen LogP contribution in [0, 0.1) is 0 Å². The van der Waals surface area contributed by atoms with Crippen molar-refractivity contribution in [3.63, 3.8) is 0 Å². The smallest absolute Gasteiger partial charge is 0.435 e. The number of carbonyl (C=O) groups excluding carboxylic acids is 1. The van der Waals surface area contributed by atoms with Gasteiger partial charge < -0.3 is 9.47 Å². The zero-order valence-electron chi connectivity index (χ0n) is 19.5. The molecule has 1 amide bonds. The van der Waals surface area contributed by atoms with Crippen LogP contribution in [-0.4, -0.2) is 25.2 Å². The summed E-state index contributed by atoms with van der Waals surface area (Å²) in [6.07, 6.45) is -0.905. The number of rotatable bonds is 9. The third kappa shape index (κ3) is 7.98. The molecule has 0 unspecified atom stereocenters. The Morgan fingerprint density at radius 1 is 0.794 bits per heavy atom. The van der Waals surface area contributed by atoms with Crippen molar-refractivity contribution in [2.75, 3.05) is 0 Å². The minimum absolute atomic E-state index is 0.0633. The highest BCUT2D eigenvalue weighted by molar-refractivity contribution is 7.86. The fraction of sp³-hybridized carbons (Fsp3) is 0.269. The maximum Gasteiger partial charge on any atom is 0.435 e. The molecule has 180 valence electrons. The number of amides is 1. The van der Waals surface area contributed by atoms with Crippen LogP contribution < -0.4 is 0 Å². The Morgan fingerprint density at radius 2 is 1.35 bits per heavy atom. The Hall–Kier alpha value is -3.20. The second-order valence-electron chi connectivity index (χ2n) is 8.66. The monoisotopic (exact) mass is 483 g/mol. The topological polar surface area (TPSA) is 82.1 Å². The molecule has 34 heavy (non-hydrogen) atoms. The molecule has 8 heteroatoms. The molecular weight excluding hydrogens is 454 g/mol. The summed E-state index contributed by atoms with van der Waals surface area (Å²) in [4.78, 5) is 12.7. The zero-order valence-corrected chi connectivity index (χ0v) is 20.3. The van der Waals surface area contributed by atoms with Gasteiger partial charge in [0.05, 0.1) is 24.7 Å². The summed E-state index contributed by atoms with van der Waals surface area (Å²) in [6, 6.07) is 24.8. The summed E-state index contributed by atoms with van der Waals surface area (Å²) in [6.45, 7) is 5.78. The maximum absolute atomic E-state index is 12.8. The van der Waals surface area contributed by atoms with Crippen molar-refractivity contribution in [3.05, 3.63) is 102 Å². The lowest BCUT2D eigenvalue weighted by Gasteiger charge is -2.26. The highest BCUT2D eigenvalue weighted by atomic mass is 32.2. The van der Waals surface area contributed by atoms with Crippen LogP contribution in [0.5, 0.6) is 0 Å². The van der Waals surface area contributed by atoms with Gasteiger partial charge in [-0.15, -0.1) is 4.28 Å². The van der Waals surface area contributed by atoms with Gasteiger partial charge in [0.1, 0.15) is 5.60 Å². The zero-order chi connectivity index (χ0) is 24.6. The van der Waals surface area contributed by atoms with Crippen molar-refractivity contribution in [1.82, 2.24) is 5.06 Å². The van der Waals surface area contributed by atoms with Gasteiger partial charge in [-0.05, 0) is 49.6 Å². The average Bonchev–Trinajstić information content (AvgIpc) is 2.79. The van der Waals surface area contributed by atoms with Gasteiger partial charge in [-0.3, -0.25) is 0 Å². The number of hydroxylamine groups is 2. The van der Waals surface area contributed by atoms with Crippen molar-refractivity contribution >= 4 is 16.2 Å². The molecule has 0 heterocycles. The third-order valence-corrected chi connectivity index (χ3v) is 5.74. The number of hydrogen-bond donors (Lipinski definition) is 0. The van der Waals surface area contributed by atoms with Crippen LogP contribution in [-0.2, 0) is 43.6 Å². The van der Waals surface area contributed by atoms with Crippen molar-refractivity contribution in [3.8, 4) is 0 Å². The Labute approximate surface area is 201 Å². The van der Waals surface area contributed by atoms with E-state index >= 15 is 0 Å². The van der Waals surface area contributed by atoms with E-state index in [1.165, 1.54) is 12.1 Å². The normalized spacial score (nSPS) is 11.7. The van der Waals surface area contributed by atoms with Crippen molar-refractivity contribution in [2.45, 2.75) is 51.0 Å². The molecule has 0 spiro atoms. The van der Waals surface area contributed by atoms with Crippen LogP contribution in [0.4, 0.5) is 4.79 Å². The molecule has 7 nitrogen and oxygen atoms in total. The SMILES string of the molecule is CC(C)(C)OC(=O)N(Cc1cccc(COCc2ccccc2)c1)OS(=O)(=O)c1ccccc1. The van der Waals surface area contributed by atoms with E-state index in [9.17, 15) is 13.2 Å². The summed E-state index contributed by atoms with van der Waals surface area (Å²) in [5.41, 5.74) is 1.77. The molecule has 0 aliphatic rings. The summed E-state index contributed by atoms with van der Waals surface area (Å²) in [5.74, 6) is 0. The van der Waals surface area contributed by atoms with Gasteiger partial charge >= 0.3 is 16.2 Å². The summed E-state index contributed by atoms with van der Waals surface area (Å²) in [7, 11) is -4.23. The first-order valence-electron chi connectivity index (χ1n) is 10.8. The van der Waals surface area contributed by atoms with E-state index in [2.05, 4.69) is 0 Å². The summed E-state index contributed by atoms with van der Waals surface area (Å²) >= 11 is 0. The minimum atomic E-state index is -4.23. The molecule has 0 saturated heterocycles. The Bertz CT molecular complexity index is 1170. The number of hydrogen-bond acceptors (Lipinski definition) is 6. The number of ether oxygens (including phenoxy) is 2. The predicted octanol–water partition coefficient (Wildman–Crippen LogP) is 5.46.